The van der Waals surface area contributed by atoms with Crippen LogP contribution in [0.2, 0.25) is 0 Å². The number of rotatable bonds is 2. The van der Waals surface area contributed by atoms with E-state index in [1.165, 1.54) is 6.08 Å². The third kappa shape index (κ3) is 1.99. The van der Waals surface area contributed by atoms with Gasteiger partial charge < -0.3 is 5.11 Å². The number of halogens is 1. The van der Waals surface area contributed by atoms with Gasteiger partial charge in [-0.15, -0.1) is 0 Å². The molecule has 0 bridgehead atoms. The first kappa shape index (κ1) is 10.5. The molecule has 13 heavy (non-hydrogen) atoms. The van der Waals surface area contributed by atoms with Crippen LogP contribution in [-0.2, 0) is 0 Å². The van der Waals surface area contributed by atoms with Crippen LogP contribution in [0.5, 0.6) is 0 Å². The van der Waals surface area contributed by atoms with Crippen molar-refractivity contribution in [3.63, 3.8) is 0 Å². The fourth-order valence-corrected chi connectivity index (χ4v) is 1.65. The lowest BCUT2D eigenvalue weighted by molar-refractivity contribution is 0.179. The molecule has 1 unspecified atom stereocenters. The Morgan fingerprint density at radius 3 is 2.62 bits per heavy atom. The summed E-state index contributed by atoms with van der Waals surface area (Å²) in [5.41, 5.74) is 0.131. The zero-order valence-corrected chi connectivity index (χ0v) is 8.34. The predicted molar refractivity (Wildman–Crippen MR) is 51.7 cm³/mol. The minimum absolute atomic E-state index is 0.290. The van der Waals surface area contributed by atoms with E-state index in [2.05, 4.69) is 0 Å². The average Bonchev–Trinajstić information content (AvgIpc) is 2.02. The van der Waals surface area contributed by atoms with E-state index in [-0.39, 0.29) is 11.2 Å². The molecule has 0 amide bonds. The van der Waals surface area contributed by atoms with Gasteiger partial charge >= 0.3 is 0 Å². The summed E-state index contributed by atoms with van der Waals surface area (Å²) in [6.07, 6.45) is 4.88. The van der Waals surface area contributed by atoms with Crippen molar-refractivity contribution in [3.05, 3.63) is 30.0 Å². The van der Waals surface area contributed by atoms with E-state index in [1.807, 2.05) is 27.2 Å². The topological polar surface area (TPSA) is 20.2 Å². The van der Waals surface area contributed by atoms with Crippen LogP contribution in [0, 0.1) is 11.8 Å². The van der Waals surface area contributed by atoms with Crippen molar-refractivity contribution in [3.8, 4) is 0 Å². The minimum atomic E-state index is -0.670. The Morgan fingerprint density at radius 1 is 1.54 bits per heavy atom. The normalized spacial score (nSPS) is 23.5. The highest BCUT2D eigenvalue weighted by atomic mass is 19.1. The van der Waals surface area contributed by atoms with E-state index >= 15 is 0 Å². The van der Waals surface area contributed by atoms with Gasteiger partial charge in [-0.3, -0.25) is 0 Å². The standard InChI is InChI=1S/C11H16FO/c1-4-9(13)10-8(12)6-5-7-11(10,2)3/h5-7,9,13H,4H2,1-3H3. The van der Waals surface area contributed by atoms with Crippen LogP contribution in [0.1, 0.15) is 27.2 Å². The fourth-order valence-electron chi connectivity index (χ4n) is 1.65. The van der Waals surface area contributed by atoms with Gasteiger partial charge in [-0.2, -0.15) is 0 Å². The van der Waals surface area contributed by atoms with Crippen LogP contribution in [0.3, 0.4) is 0 Å². The highest BCUT2D eigenvalue weighted by Crippen LogP contribution is 2.39. The third-order valence-electron chi connectivity index (χ3n) is 2.43. The Morgan fingerprint density at radius 2 is 2.15 bits per heavy atom. The first-order valence-electron chi connectivity index (χ1n) is 4.60. The summed E-state index contributed by atoms with van der Waals surface area (Å²) in [6.45, 7) is 5.66. The molecule has 1 aliphatic rings. The maximum Gasteiger partial charge on any atom is 0.125 e. The van der Waals surface area contributed by atoms with Gasteiger partial charge in [0.1, 0.15) is 5.83 Å². The molecule has 1 rings (SSSR count). The maximum atomic E-state index is 13.4. The lowest BCUT2D eigenvalue weighted by Gasteiger charge is -2.32. The summed E-state index contributed by atoms with van der Waals surface area (Å²) >= 11 is 0. The number of hydrogen-bond acceptors (Lipinski definition) is 1. The Balaban J connectivity index is 3.04. The van der Waals surface area contributed by atoms with E-state index < -0.39 is 6.10 Å². The van der Waals surface area contributed by atoms with E-state index in [4.69, 9.17) is 0 Å². The largest absolute Gasteiger partial charge is 0.389 e. The van der Waals surface area contributed by atoms with Crippen molar-refractivity contribution in [1.29, 1.82) is 0 Å². The molecule has 0 saturated carbocycles. The van der Waals surface area contributed by atoms with Crippen molar-refractivity contribution in [2.24, 2.45) is 5.41 Å². The zero-order chi connectivity index (χ0) is 10.1. The molecule has 1 aliphatic carbocycles. The van der Waals surface area contributed by atoms with Gasteiger partial charge in [0.05, 0.1) is 6.10 Å². The van der Waals surface area contributed by atoms with Crippen LogP contribution in [0.25, 0.3) is 0 Å². The molecular weight excluding hydrogens is 167 g/mol. The summed E-state index contributed by atoms with van der Waals surface area (Å²) in [6, 6.07) is 0. The molecule has 0 aromatic rings. The van der Waals surface area contributed by atoms with E-state index in [0.29, 0.717) is 12.0 Å². The Hall–Kier alpha value is -0.630. The SMILES string of the molecule is CCC(O)C1=C(F)C=C[CH]C1(C)C. The quantitative estimate of drug-likeness (QED) is 0.698. The first-order valence-corrected chi connectivity index (χ1v) is 4.60. The molecule has 0 aromatic carbocycles. The highest BCUT2D eigenvalue weighted by Gasteiger charge is 2.32. The van der Waals surface area contributed by atoms with Gasteiger partial charge in [0, 0.05) is 5.57 Å². The molecule has 2 heteroatoms. The third-order valence-corrected chi connectivity index (χ3v) is 2.43. The van der Waals surface area contributed by atoms with Gasteiger partial charge in [-0.1, -0.05) is 26.8 Å². The van der Waals surface area contributed by atoms with E-state index in [9.17, 15) is 9.50 Å². The van der Waals surface area contributed by atoms with Gasteiger partial charge in [-0.05, 0) is 24.3 Å². The Kier molecular flexibility index (Phi) is 2.91. The van der Waals surface area contributed by atoms with Gasteiger partial charge in [0.15, 0.2) is 0 Å². The molecular formula is C11H16FO. The number of aliphatic hydroxyl groups excluding tert-OH is 1. The van der Waals surface area contributed by atoms with Crippen LogP contribution in [-0.4, -0.2) is 11.2 Å². The minimum Gasteiger partial charge on any atom is -0.389 e. The second-order valence-electron chi connectivity index (χ2n) is 3.93. The van der Waals surface area contributed by atoms with Crippen molar-refractivity contribution >= 4 is 0 Å². The van der Waals surface area contributed by atoms with Crippen LogP contribution in [0.15, 0.2) is 23.6 Å². The lowest BCUT2D eigenvalue weighted by atomic mass is 9.75. The molecule has 1 radical (unpaired) electrons. The average molecular weight is 183 g/mol. The molecule has 1 N–H and O–H groups in total. The Bertz CT molecular complexity index is 251. The van der Waals surface area contributed by atoms with Crippen LogP contribution >= 0.6 is 0 Å². The molecule has 0 spiro atoms. The van der Waals surface area contributed by atoms with Crippen molar-refractivity contribution in [2.75, 3.05) is 0 Å². The summed E-state index contributed by atoms with van der Waals surface area (Å²) in [5.74, 6) is -0.290. The predicted octanol–water partition coefficient (Wildman–Crippen LogP) is 2.78. The summed E-state index contributed by atoms with van der Waals surface area (Å²) in [4.78, 5) is 0. The van der Waals surface area contributed by atoms with E-state index in [0.717, 1.165) is 0 Å². The fraction of sp³-hybridized carbons (Fsp3) is 0.545. The van der Waals surface area contributed by atoms with Crippen molar-refractivity contribution in [1.82, 2.24) is 0 Å². The number of allylic oxidation sites excluding steroid dienone is 3. The van der Waals surface area contributed by atoms with Gasteiger partial charge in [-0.25, -0.2) is 4.39 Å². The molecule has 0 aromatic heterocycles. The molecule has 0 fully saturated rings. The summed E-state index contributed by atoms with van der Waals surface area (Å²) in [7, 11) is 0. The molecule has 1 nitrogen and oxygen atoms in total. The Labute approximate surface area is 79.0 Å². The van der Waals surface area contributed by atoms with Crippen molar-refractivity contribution in [2.45, 2.75) is 33.3 Å². The monoisotopic (exact) mass is 183 g/mol. The second kappa shape index (κ2) is 3.62. The lowest BCUT2D eigenvalue weighted by Crippen LogP contribution is -2.27. The number of aliphatic hydroxyl groups is 1. The van der Waals surface area contributed by atoms with Gasteiger partial charge in [0.2, 0.25) is 0 Å². The van der Waals surface area contributed by atoms with E-state index in [1.54, 1.807) is 6.08 Å². The maximum absolute atomic E-state index is 13.4. The first-order chi connectivity index (χ1) is 5.99. The smallest absolute Gasteiger partial charge is 0.125 e. The number of hydrogen-bond donors (Lipinski definition) is 1. The highest BCUT2D eigenvalue weighted by molar-refractivity contribution is 5.37. The molecule has 0 aliphatic heterocycles. The molecule has 73 valence electrons. The van der Waals surface area contributed by atoms with Gasteiger partial charge in [0.25, 0.3) is 0 Å². The van der Waals surface area contributed by atoms with Crippen LogP contribution in [0.4, 0.5) is 4.39 Å². The molecule has 0 saturated heterocycles. The molecule has 0 heterocycles. The summed E-state index contributed by atoms with van der Waals surface area (Å²) < 4.78 is 13.4. The summed E-state index contributed by atoms with van der Waals surface area (Å²) in [5, 5.41) is 9.64. The second-order valence-corrected chi connectivity index (χ2v) is 3.93. The van der Waals surface area contributed by atoms with Crippen LogP contribution < -0.4 is 0 Å². The van der Waals surface area contributed by atoms with Crippen molar-refractivity contribution < 1.29 is 9.50 Å². The molecule has 1 atom stereocenters. The zero-order valence-electron chi connectivity index (χ0n) is 8.34.